The molecule has 0 saturated carbocycles. The first-order valence-electron chi connectivity index (χ1n) is 7.11. The minimum Gasteiger partial charge on any atom is -0.366 e. The summed E-state index contributed by atoms with van der Waals surface area (Å²) in [6, 6.07) is 9.94. The third-order valence-corrected chi connectivity index (χ3v) is 4.88. The van der Waals surface area contributed by atoms with Gasteiger partial charge in [0.2, 0.25) is 0 Å². The van der Waals surface area contributed by atoms with Crippen molar-refractivity contribution in [2.24, 2.45) is 5.73 Å². The van der Waals surface area contributed by atoms with Gasteiger partial charge in [0.25, 0.3) is 11.8 Å². The molecular formula is C16H20N3O2S2+. The number of carbonyl (C=O) groups excluding carboxylic acids is 2. The Kier molecular flexibility index (Phi) is 6.20. The van der Waals surface area contributed by atoms with Gasteiger partial charge in [0.15, 0.2) is 6.54 Å². The number of carbonyl (C=O) groups is 2. The standard InChI is InChI=1S/C16H19N3O2S2/c1-19(9-11-3-5-12(22-2)6-4-11)10-14(20)18-16-13(15(17)21)7-8-23-16/h3-8H,9-10H2,1-2H3,(H2,17,21)(H,18,20)/p+1. The van der Waals surface area contributed by atoms with Gasteiger partial charge in [0.1, 0.15) is 11.5 Å². The van der Waals surface area contributed by atoms with Gasteiger partial charge < -0.3 is 16.0 Å². The lowest BCUT2D eigenvalue weighted by Gasteiger charge is -2.14. The lowest BCUT2D eigenvalue weighted by molar-refractivity contribution is -0.885. The number of rotatable bonds is 7. The average Bonchev–Trinajstić information content (AvgIpc) is 2.96. The van der Waals surface area contributed by atoms with Crippen molar-refractivity contribution in [3.8, 4) is 0 Å². The quantitative estimate of drug-likeness (QED) is 0.657. The van der Waals surface area contributed by atoms with Crippen LogP contribution in [0.15, 0.2) is 40.6 Å². The van der Waals surface area contributed by atoms with Gasteiger partial charge in [-0.3, -0.25) is 9.59 Å². The van der Waals surface area contributed by atoms with E-state index in [1.165, 1.54) is 21.8 Å². The number of thiophene rings is 1. The molecule has 2 rings (SSSR count). The summed E-state index contributed by atoms with van der Waals surface area (Å²) in [6.07, 6.45) is 2.04. The highest BCUT2D eigenvalue weighted by Crippen LogP contribution is 2.22. The zero-order valence-corrected chi connectivity index (χ0v) is 14.7. The van der Waals surface area contributed by atoms with Crippen LogP contribution in [0.25, 0.3) is 0 Å². The molecule has 0 aliphatic rings. The predicted molar refractivity (Wildman–Crippen MR) is 95.1 cm³/mol. The van der Waals surface area contributed by atoms with Crippen LogP contribution in [0.4, 0.5) is 5.00 Å². The lowest BCUT2D eigenvalue weighted by atomic mass is 10.2. The van der Waals surface area contributed by atoms with Gasteiger partial charge in [-0.15, -0.1) is 23.1 Å². The Morgan fingerprint density at radius 2 is 1.96 bits per heavy atom. The van der Waals surface area contributed by atoms with Crippen molar-refractivity contribution in [3.05, 3.63) is 46.8 Å². The molecule has 1 atom stereocenters. The highest BCUT2D eigenvalue weighted by molar-refractivity contribution is 7.98. The molecule has 1 aromatic heterocycles. The second kappa shape index (κ2) is 8.14. The normalized spacial score (nSPS) is 11.9. The van der Waals surface area contributed by atoms with Gasteiger partial charge in [-0.1, -0.05) is 12.1 Å². The number of nitrogens with two attached hydrogens (primary N) is 1. The highest BCUT2D eigenvalue weighted by Gasteiger charge is 2.15. The fourth-order valence-corrected chi connectivity index (χ4v) is 3.42. The minimum atomic E-state index is -0.531. The number of hydrogen-bond donors (Lipinski definition) is 3. The maximum Gasteiger partial charge on any atom is 0.280 e. The van der Waals surface area contributed by atoms with E-state index < -0.39 is 5.91 Å². The monoisotopic (exact) mass is 350 g/mol. The summed E-state index contributed by atoms with van der Waals surface area (Å²) in [4.78, 5) is 25.6. The van der Waals surface area contributed by atoms with Crippen LogP contribution in [-0.2, 0) is 11.3 Å². The topological polar surface area (TPSA) is 76.6 Å². The fraction of sp³-hybridized carbons (Fsp3) is 0.250. The van der Waals surface area contributed by atoms with E-state index in [0.29, 0.717) is 17.1 Å². The molecule has 4 N–H and O–H groups in total. The average molecular weight is 350 g/mol. The summed E-state index contributed by atoms with van der Waals surface area (Å²) in [5.41, 5.74) is 6.81. The zero-order valence-electron chi connectivity index (χ0n) is 13.1. The number of primary amides is 1. The molecule has 0 spiro atoms. The van der Waals surface area contributed by atoms with Crippen LogP contribution >= 0.6 is 23.1 Å². The van der Waals surface area contributed by atoms with Crippen LogP contribution < -0.4 is 16.0 Å². The Bertz CT molecular complexity index is 683. The first kappa shape index (κ1) is 17.5. The van der Waals surface area contributed by atoms with Crippen molar-refractivity contribution < 1.29 is 14.5 Å². The van der Waals surface area contributed by atoms with Crippen LogP contribution in [0.5, 0.6) is 0 Å². The Morgan fingerprint density at radius 1 is 1.26 bits per heavy atom. The number of hydrogen-bond acceptors (Lipinski definition) is 4. The van der Waals surface area contributed by atoms with Crippen LogP contribution in [0, 0.1) is 0 Å². The first-order chi connectivity index (χ1) is 11.0. The van der Waals surface area contributed by atoms with E-state index in [1.54, 1.807) is 23.2 Å². The second-order valence-corrected chi connectivity index (χ2v) is 7.03. The number of amides is 2. The third-order valence-electron chi connectivity index (χ3n) is 3.31. The predicted octanol–water partition coefficient (Wildman–Crippen LogP) is 1.22. The fourth-order valence-electron chi connectivity index (χ4n) is 2.20. The molecule has 0 radical (unpaired) electrons. The minimum absolute atomic E-state index is 0.131. The number of thioether (sulfide) groups is 1. The molecule has 1 heterocycles. The number of benzene rings is 1. The van der Waals surface area contributed by atoms with Crippen molar-refractivity contribution >= 4 is 39.9 Å². The van der Waals surface area contributed by atoms with Crippen molar-refractivity contribution in [2.45, 2.75) is 11.4 Å². The van der Waals surface area contributed by atoms with Crippen LogP contribution in [0.1, 0.15) is 15.9 Å². The van der Waals surface area contributed by atoms with Crippen LogP contribution in [0.2, 0.25) is 0 Å². The Balaban J connectivity index is 1.88. The molecule has 5 nitrogen and oxygen atoms in total. The molecule has 122 valence electrons. The highest BCUT2D eigenvalue weighted by atomic mass is 32.2. The Hall–Kier alpha value is -1.83. The van der Waals surface area contributed by atoms with E-state index in [9.17, 15) is 9.59 Å². The van der Waals surface area contributed by atoms with Crippen molar-refractivity contribution in [3.63, 3.8) is 0 Å². The molecule has 0 fully saturated rings. The van der Waals surface area contributed by atoms with E-state index in [2.05, 4.69) is 29.6 Å². The van der Waals surface area contributed by atoms with Gasteiger partial charge in [-0.05, 0) is 29.8 Å². The van der Waals surface area contributed by atoms with E-state index in [1.807, 2.05) is 13.3 Å². The molecule has 1 aromatic carbocycles. The number of likely N-dealkylation sites (N-methyl/N-ethyl adjacent to an activating group) is 1. The summed E-state index contributed by atoms with van der Waals surface area (Å²) >= 11 is 3.00. The summed E-state index contributed by atoms with van der Waals surface area (Å²) in [5.74, 6) is -0.663. The number of nitrogens with one attached hydrogen (secondary N) is 2. The Labute approximate surface area is 143 Å². The first-order valence-corrected chi connectivity index (χ1v) is 9.21. The molecule has 23 heavy (non-hydrogen) atoms. The molecule has 2 aromatic rings. The zero-order chi connectivity index (χ0) is 16.8. The van der Waals surface area contributed by atoms with Gasteiger partial charge in [0, 0.05) is 10.5 Å². The van der Waals surface area contributed by atoms with Crippen molar-refractivity contribution in [2.75, 3.05) is 25.2 Å². The maximum absolute atomic E-state index is 12.1. The van der Waals surface area contributed by atoms with Gasteiger partial charge in [-0.2, -0.15) is 0 Å². The van der Waals surface area contributed by atoms with Crippen LogP contribution in [-0.4, -0.2) is 31.7 Å². The van der Waals surface area contributed by atoms with E-state index in [0.717, 1.165) is 11.4 Å². The second-order valence-electron chi connectivity index (χ2n) is 5.23. The van der Waals surface area contributed by atoms with Crippen molar-refractivity contribution in [1.82, 2.24) is 0 Å². The van der Waals surface area contributed by atoms with E-state index in [4.69, 9.17) is 5.73 Å². The van der Waals surface area contributed by atoms with Gasteiger partial charge in [-0.25, -0.2) is 0 Å². The third kappa shape index (κ3) is 5.09. The molecule has 0 bridgehead atoms. The van der Waals surface area contributed by atoms with Crippen molar-refractivity contribution in [1.29, 1.82) is 0 Å². The molecule has 0 aliphatic carbocycles. The molecule has 7 heteroatoms. The molecule has 0 saturated heterocycles. The number of anilines is 1. The summed E-state index contributed by atoms with van der Waals surface area (Å²) in [6.45, 7) is 1.08. The van der Waals surface area contributed by atoms with Gasteiger partial charge >= 0.3 is 0 Å². The molecule has 2 amide bonds. The van der Waals surface area contributed by atoms with E-state index in [-0.39, 0.29) is 5.91 Å². The molecular weight excluding hydrogens is 330 g/mol. The largest absolute Gasteiger partial charge is 0.366 e. The SMILES string of the molecule is CSc1ccc(C[NH+](C)CC(=O)Nc2sccc2C(N)=O)cc1. The van der Waals surface area contributed by atoms with E-state index >= 15 is 0 Å². The summed E-state index contributed by atoms with van der Waals surface area (Å²) in [5, 5.41) is 5.01. The summed E-state index contributed by atoms with van der Waals surface area (Å²) < 4.78 is 0. The molecule has 0 aliphatic heterocycles. The molecule has 1 unspecified atom stereocenters. The maximum atomic E-state index is 12.1. The number of quaternary nitrogens is 1. The van der Waals surface area contributed by atoms with Gasteiger partial charge in [0.05, 0.1) is 12.6 Å². The lowest BCUT2D eigenvalue weighted by Crippen LogP contribution is -3.08. The smallest absolute Gasteiger partial charge is 0.280 e. The Morgan fingerprint density at radius 3 is 2.57 bits per heavy atom. The summed E-state index contributed by atoms with van der Waals surface area (Å²) in [7, 11) is 1.96. The van der Waals surface area contributed by atoms with Crippen LogP contribution in [0.3, 0.4) is 0 Å².